The maximum Gasteiger partial charge on any atom is 0.157 e. The predicted octanol–water partition coefficient (Wildman–Crippen LogP) is 5.28. The van der Waals surface area contributed by atoms with E-state index in [1.807, 2.05) is 72.8 Å². The molecule has 0 saturated heterocycles. The van der Waals surface area contributed by atoms with Crippen molar-refractivity contribution in [2.75, 3.05) is 0 Å². The quantitative estimate of drug-likeness (QED) is 0.300. The van der Waals surface area contributed by atoms with Crippen molar-refractivity contribution in [3.05, 3.63) is 90.7 Å². The van der Waals surface area contributed by atoms with Gasteiger partial charge in [-0.3, -0.25) is 10.7 Å². The Labute approximate surface area is 150 Å². The number of rotatable bonds is 4. The van der Waals surface area contributed by atoms with Crippen molar-refractivity contribution in [3.63, 3.8) is 0 Å². The fraction of sp³-hybridized carbons (Fsp3) is 0. The average Bonchev–Trinajstić information content (AvgIpc) is 3.15. The van der Waals surface area contributed by atoms with Gasteiger partial charge in [-0.25, -0.2) is 4.99 Å². The summed E-state index contributed by atoms with van der Waals surface area (Å²) in [4.78, 5) is 4.49. The van der Waals surface area contributed by atoms with Crippen molar-refractivity contribution in [1.82, 2.24) is 5.48 Å². The first-order chi connectivity index (χ1) is 12.8. The lowest BCUT2D eigenvalue weighted by molar-refractivity contribution is 0.235. The fourth-order valence-electron chi connectivity index (χ4n) is 2.64. The first-order valence-corrected chi connectivity index (χ1v) is 8.11. The molecule has 5 heteroatoms. The van der Waals surface area contributed by atoms with Gasteiger partial charge in [0.25, 0.3) is 0 Å². The van der Waals surface area contributed by atoms with E-state index in [0.29, 0.717) is 17.3 Å². The molecule has 0 fully saturated rings. The van der Waals surface area contributed by atoms with Gasteiger partial charge in [0.1, 0.15) is 17.1 Å². The third-order valence-electron chi connectivity index (χ3n) is 3.87. The van der Waals surface area contributed by atoms with Gasteiger partial charge in [-0.05, 0) is 48.5 Å². The van der Waals surface area contributed by atoms with Crippen LogP contribution in [0.25, 0.3) is 11.0 Å². The number of amidine groups is 1. The number of ether oxygens (including phenoxy) is 1. The van der Waals surface area contributed by atoms with Crippen LogP contribution < -0.4 is 10.2 Å². The zero-order chi connectivity index (χ0) is 17.8. The fourth-order valence-corrected chi connectivity index (χ4v) is 2.64. The van der Waals surface area contributed by atoms with Gasteiger partial charge in [-0.2, -0.15) is 0 Å². The summed E-state index contributed by atoms with van der Waals surface area (Å²) in [6.07, 6.45) is 1.63. The molecule has 4 aromatic rings. The van der Waals surface area contributed by atoms with Gasteiger partial charge in [0.05, 0.1) is 12.0 Å². The minimum Gasteiger partial charge on any atom is -0.464 e. The van der Waals surface area contributed by atoms with Crippen LogP contribution in [0.15, 0.2) is 94.5 Å². The number of fused-ring (bicyclic) bond motifs is 1. The molecule has 5 nitrogen and oxygen atoms in total. The molecule has 0 aliphatic heterocycles. The molecular formula is C21H16N2O3. The highest BCUT2D eigenvalue weighted by Crippen LogP contribution is 2.26. The zero-order valence-corrected chi connectivity index (χ0v) is 13.8. The Morgan fingerprint density at radius 2 is 1.73 bits per heavy atom. The molecule has 4 rings (SSSR count). The molecule has 0 saturated carbocycles. The Balaban J connectivity index is 1.64. The van der Waals surface area contributed by atoms with Gasteiger partial charge in [0.15, 0.2) is 5.84 Å². The maximum atomic E-state index is 9.53. The topological polar surface area (TPSA) is 67.0 Å². The molecule has 26 heavy (non-hydrogen) atoms. The summed E-state index contributed by atoms with van der Waals surface area (Å²) >= 11 is 0. The van der Waals surface area contributed by atoms with Crippen LogP contribution in [0.4, 0.5) is 5.69 Å². The van der Waals surface area contributed by atoms with E-state index in [4.69, 9.17) is 9.15 Å². The SMILES string of the molecule is ONC(=Nc1cccc(Oc2ccccc2)c1)c1ccc2occc2c1. The highest BCUT2D eigenvalue weighted by atomic mass is 16.5. The molecule has 0 amide bonds. The lowest BCUT2D eigenvalue weighted by atomic mass is 10.1. The van der Waals surface area contributed by atoms with Crippen molar-refractivity contribution in [1.29, 1.82) is 0 Å². The number of aliphatic imine (C=N–C) groups is 1. The summed E-state index contributed by atoms with van der Waals surface area (Å²) in [6, 6.07) is 24.3. The minimum absolute atomic E-state index is 0.338. The van der Waals surface area contributed by atoms with Crippen LogP contribution in [-0.2, 0) is 0 Å². The molecule has 0 unspecified atom stereocenters. The molecule has 3 aromatic carbocycles. The first kappa shape index (κ1) is 15.9. The lowest BCUT2D eigenvalue weighted by Crippen LogP contribution is -2.19. The zero-order valence-electron chi connectivity index (χ0n) is 13.8. The highest BCUT2D eigenvalue weighted by Gasteiger charge is 2.06. The Morgan fingerprint density at radius 3 is 2.58 bits per heavy atom. The number of nitrogens with one attached hydrogen (secondary N) is 1. The Kier molecular flexibility index (Phi) is 4.37. The maximum absolute atomic E-state index is 9.53. The van der Waals surface area contributed by atoms with E-state index in [2.05, 4.69) is 10.5 Å². The van der Waals surface area contributed by atoms with Crippen LogP contribution in [0.3, 0.4) is 0 Å². The third kappa shape index (κ3) is 3.43. The second-order valence-electron chi connectivity index (χ2n) is 5.66. The van der Waals surface area contributed by atoms with E-state index in [0.717, 1.165) is 22.3 Å². The van der Waals surface area contributed by atoms with E-state index in [9.17, 15) is 5.21 Å². The average molecular weight is 344 g/mol. The second kappa shape index (κ2) is 7.13. The molecule has 1 aromatic heterocycles. The van der Waals surface area contributed by atoms with Crippen molar-refractivity contribution in [2.45, 2.75) is 0 Å². The Hall–Kier alpha value is -3.57. The third-order valence-corrected chi connectivity index (χ3v) is 3.87. The molecule has 0 spiro atoms. The summed E-state index contributed by atoms with van der Waals surface area (Å²) in [5.74, 6) is 1.75. The molecule has 0 aliphatic carbocycles. The van der Waals surface area contributed by atoms with E-state index < -0.39 is 0 Å². The smallest absolute Gasteiger partial charge is 0.157 e. The minimum atomic E-state index is 0.338. The Bertz CT molecular complexity index is 1060. The van der Waals surface area contributed by atoms with Gasteiger partial charge in [0.2, 0.25) is 0 Å². The van der Waals surface area contributed by atoms with Crippen molar-refractivity contribution in [3.8, 4) is 11.5 Å². The monoisotopic (exact) mass is 344 g/mol. The summed E-state index contributed by atoms with van der Waals surface area (Å²) in [7, 11) is 0. The number of para-hydroxylation sites is 1. The van der Waals surface area contributed by atoms with Crippen molar-refractivity contribution in [2.24, 2.45) is 4.99 Å². The molecule has 0 atom stereocenters. The van der Waals surface area contributed by atoms with Gasteiger partial charge in [-0.1, -0.05) is 24.3 Å². The normalized spacial score (nSPS) is 11.5. The van der Waals surface area contributed by atoms with Crippen LogP contribution in [-0.4, -0.2) is 11.0 Å². The van der Waals surface area contributed by atoms with Gasteiger partial charge in [0, 0.05) is 17.0 Å². The van der Waals surface area contributed by atoms with Crippen LogP contribution in [0.5, 0.6) is 11.5 Å². The van der Waals surface area contributed by atoms with E-state index in [1.54, 1.807) is 12.3 Å². The molecule has 0 aliphatic rings. The summed E-state index contributed by atoms with van der Waals surface area (Å²) in [6.45, 7) is 0. The summed E-state index contributed by atoms with van der Waals surface area (Å²) in [5, 5.41) is 10.5. The lowest BCUT2D eigenvalue weighted by Gasteiger charge is -2.08. The molecule has 0 bridgehead atoms. The summed E-state index contributed by atoms with van der Waals surface area (Å²) in [5.41, 5.74) is 4.35. The van der Waals surface area contributed by atoms with Crippen LogP contribution >= 0.6 is 0 Å². The molecule has 1 heterocycles. The largest absolute Gasteiger partial charge is 0.464 e. The number of hydrogen-bond donors (Lipinski definition) is 2. The van der Waals surface area contributed by atoms with Crippen LogP contribution in [0, 0.1) is 0 Å². The van der Waals surface area contributed by atoms with Gasteiger partial charge >= 0.3 is 0 Å². The number of benzene rings is 3. The standard InChI is InChI=1S/C21H16N2O3/c24-23-21(16-9-10-20-15(13-16)11-12-25-20)22-17-5-4-8-19(14-17)26-18-6-2-1-3-7-18/h1-14,24H,(H,22,23). The van der Waals surface area contributed by atoms with Crippen LogP contribution in [0.1, 0.15) is 5.56 Å². The predicted molar refractivity (Wildman–Crippen MR) is 100 cm³/mol. The first-order valence-electron chi connectivity index (χ1n) is 8.11. The van der Waals surface area contributed by atoms with E-state index >= 15 is 0 Å². The number of nitrogens with zero attached hydrogens (tertiary/aromatic N) is 1. The molecule has 2 N–H and O–H groups in total. The molecular weight excluding hydrogens is 328 g/mol. The van der Waals surface area contributed by atoms with Crippen molar-refractivity contribution < 1.29 is 14.4 Å². The van der Waals surface area contributed by atoms with Crippen molar-refractivity contribution >= 4 is 22.5 Å². The molecule has 128 valence electrons. The number of furan rings is 1. The highest BCUT2D eigenvalue weighted by molar-refractivity contribution is 6.02. The van der Waals surface area contributed by atoms with Gasteiger partial charge in [-0.15, -0.1) is 0 Å². The number of hydroxylamine groups is 1. The second-order valence-corrected chi connectivity index (χ2v) is 5.66. The van der Waals surface area contributed by atoms with E-state index in [1.165, 1.54) is 0 Å². The van der Waals surface area contributed by atoms with Crippen LogP contribution in [0.2, 0.25) is 0 Å². The van der Waals surface area contributed by atoms with E-state index in [-0.39, 0.29) is 0 Å². The summed E-state index contributed by atoms with van der Waals surface area (Å²) < 4.78 is 11.2. The Morgan fingerprint density at radius 1 is 0.885 bits per heavy atom. The number of hydrogen-bond acceptors (Lipinski definition) is 4. The molecule has 0 radical (unpaired) electrons. The van der Waals surface area contributed by atoms with Gasteiger partial charge < -0.3 is 9.15 Å².